The van der Waals surface area contributed by atoms with Crippen molar-refractivity contribution in [1.82, 2.24) is 25.4 Å². The Morgan fingerprint density at radius 2 is 1.75 bits per heavy atom. The fourth-order valence-corrected chi connectivity index (χ4v) is 8.35. The van der Waals surface area contributed by atoms with E-state index in [1.165, 1.54) is 18.3 Å². The lowest BCUT2D eigenvalue weighted by molar-refractivity contribution is -0.149. The molecule has 5 rings (SSSR count). The van der Waals surface area contributed by atoms with Gasteiger partial charge in [-0.3, -0.25) is 28.9 Å². The van der Waals surface area contributed by atoms with Gasteiger partial charge < -0.3 is 25.4 Å². The lowest BCUT2D eigenvalue weighted by atomic mass is 9.72. The van der Waals surface area contributed by atoms with Crippen molar-refractivity contribution >= 4 is 41.0 Å². The molecule has 13 heteroatoms. The van der Waals surface area contributed by atoms with Crippen LogP contribution in [0.15, 0.2) is 35.7 Å². The van der Waals surface area contributed by atoms with E-state index in [1.807, 2.05) is 65.1 Å². The van der Waals surface area contributed by atoms with Crippen LogP contribution in [0.5, 0.6) is 0 Å². The lowest BCUT2D eigenvalue weighted by Crippen LogP contribution is -2.62. The molecule has 3 aliphatic rings. The van der Waals surface area contributed by atoms with Crippen molar-refractivity contribution < 1.29 is 33.8 Å². The van der Waals surface area contributed by atoms with Gasteiger partial charge in [0, 0.05) is 44.4 Å². The normalized spacial score (nSPS) is 21.8. The predicted octanol–water partition coefficient (Wildman–Crippen LogP) is 4.70. The van der Waals surface area contributed by atoms with Gasteiger partial charge in [-0.25, -0.2) is 4.98 Å². The number of carboxylic acids is 1. The Labute approximate surface area is 305 Å². The highest BCUT2D eigenvalue weighted by Crippen LogP contribution is 2.49. The number of hydrogen-bond acceptors (Lipinski definition) is 9. The summed E-state index contributed by atoms with van der Waals surface area (Å²) in [6, 6.07) is 7.97. The van der Waals surface area contributed by atoms with Crippen LogP contribution in [0.1, 0.15) is 101 Å². The average molecular weight is 726 g/mol. The van der Waals surface area contributed by atoms with Crippen LogP contribution in [-0.2, 0) is 30.3 Å². The molecule has 280 valence electrons. The number of ether oxygens (including phenoxy) is 1. The van der Waals surface area contributed by atoms with Gasteiger partial charge in [0.2, 0.25) is 11.8 Å². The SMILES string of the molecule is CC[C@H](C)[C@H](NC(=O)C12CC(CN1C)C2)C(=O)N(C)[C@H](C[C@@H](OC(C)=O)c1nc(C(=O)N[C@@H](Cc2ccccc2)C[C@H](C)C(=O)O)cs1)C(C)C. The van der Waals surface area contributed by atoms with Gasteiger partial charge in [-0.2, -0.15) is 0 Å². The number of rotatable bonds is 18. The smallest absolute Gasteiger partial charge is 0.306 e. The van der Waals surface area contributed by atoms with Gasteiger partial charge >= 0.3 is 11.9 Å². The molecule has 12 nitrogen and oxygen atoms in total. The molecule has 2 aliphatic heterocycles. The summed E-state index contributed by atoms with van der Waals surface area (Å²) in [6.07, 6.45) is 2.40. The highest BCUT2D eigenvalue weighted by atomic mass is 32.1. The third-order valence-corrected chi connectivity index (χ3v) is 11.8. The molecule has 1 aliphatic carbocycles. The number of carbonyl (C=O) groups excluding carboxylic acids is 4. The van der Waals surface area contributed by atoms with E-state index in [1.54, 1.807) is 24.3 Å². The molecule has 3 heterocycles. The Balaban J connectivity index is 1.51. The summed E-state index contributed by atoms with van der Waals surface area (Å²) >= 11 is 1.18. The quantitative estimate of drug-likeness (QED) is 0.185. The molecule has 0 radical (unpaired) electrons. The van der Waals surface area contributed by atoms with Gasteiger partial charge in [0.05, 0.1) is 5.92 Å². The fourth-order valence-electron chi connectivity index (χ4n) is 7.51. The van der Waals surface area contributed by atoms with Crippen LogP contribution in [0.25, 0.3) is 0 Å². The maximum Gasteiger partial charge on any atom is 0.306 e. The number of hydrogen-bond donors (Lipinski definition) is 3. The van der Waals surface area contributed by atoms with Crippen molar-refractivity contribution in [1.29, 1.82) is 0 Å². The molecular weight excluding hydrogens is 671 g/mol. The number of nitrogens with one attached hydrogen (secondary N) is 2. The zero-order valence-electron chi connectivity index (χ0n) is 31.2. The molecule has 3 amide bonds. The van der Waals surface area contributed by atoms with Crippen LogP contribution in [-0.4, -0.2) is 93.9 Å². The topological polar surface area (TPSA) is 158 Å². The van der Waals surface area contributed by atoms with E-state index in [4.69, 9.17) is 4.74 Å². The van der Waals surface area contributed by atoms with Crippen molar-refractivity contribution in [3.63, 3.8) is 0 Å². The Bertz CT molecular complexity index is 1540. The summed E-state index contributed by atoms with van der Waals surface area (Å²) in [5.74, 6) is -2.52. The minimum atomic E-state index is -0.943. The minimum absolute atomic E-state index is 0.0463. The summed E-state index contributed by atoms with van der Waals surface area (Å²) in [4.78, 5) is 73.6. The highest BCUT2D eigenvalue weighted by molar-refractivity contribution is 7.09. The van der Waals surface area contributed by atoms with Crippen LogP contribution in [0.2, 0.25) is 0 Å². The van der Waals surface area contributed by atoms with Crippen LogP contribution in [0.3, 0.4) is 0 Å². The van der Waals surface area contributed by atoms with E-state index in [9.17, 15) is 29.1 Å². The van der Waals surface area contributed by atoms with E-state index < -0.39 is 47.5 Å². The summed E-state index contributed by atoms with van der Waals surface area (Å²) in [7, 11) is 3.70. The van der Waals surface area contributed by atoms with Crippen molar-refractivity contribution in [3.8, 4) is 0 Å². The summed E-state index contributed by atoms with van der Waals surface area (Å²) in [6.45, 7) is 11.8. The van der Waals surface area contributed by atoms with Crippen molar-refractivity contribution in [3.05, 3.63) is 52.0 Å². The number of thiazole rings is 1. The number of amides is 3. The number of benzene rings is 1. The lowest BCUT2D eigenvalue weighted by Gasteiger charge is -2.42. The van der Waals surface area contributed by atoms with Crippen molar-refractivity contribution in [2.45, 2.75) is 110 Å². The van der Waals surface area contributed by atoms with Gasteiger partial charge in [0.15, 0.2) is 6.10 Å². The second-order valence-electron chi connectivity index (χ2n) is 15.0. The average Bonchev–Trinajstić information content (AvgIpc) is 3.77. The van der Waals surface area contributed by atoms with Crippen LogP contribution >= 0.6 is 11.3 Å². The Kier molecular flexibility index (Phi) is 13.4. The van der Waals surface area contributed by atoms with E-state index in [0.29, 0.717) is 23.8 Å². The van der Waals surface area contributed by atoms with Gasteiger partial charge in [0.25, 0.3) is 5.91 Å². The second-order valence-corrected chi connectivity index (χ2v) is 15.9. The molecule has 0 spiro atoms. The molecule has 3 N–H and O–H groups in total. The molecule has 1 saturated carbocycles. The first-order valence-corrected chi connectivity index (χ1v) is 18.9. The maximum absolute atomic E-state index is 14.2. The first-order chi connectivity index (χ1) is 24.1. The van der Waals surface area contributed by atoms with E-state index in [-0.39, 0.29) is 48.2 Å². The number of esters is 1. The Hall–Kier alpha value is -3.84. The molecule has 2 bridgehead atoms. The predicted molar refractivity (Wildman–Crippen MR) is 195 cm³/mol. The number of nitrogens with zero attached hydrogens (tertiary/aromatic N) is 3. The van der Waals surface area contributed by atoms with Gasteiger partial charge in [-0.15, -0.1) is 11.3 Å². The molecule has 1 aromatic carbocycles. The zero-order chi connectivity index (χ0) is 37.6. The number of carboxylic acid groups (broad SMARTS) is 1. The number of likely N-dealkylation sites (N-methyl/N-ethyl adjacent to an activating group) is 2. The molecular formula is C38H55N5O7S. The van der Waals surface area contributed by atoms with E-state index in [0.717, 1.165) is 24.9 Å². The van der Waals surface area contributed by atoms with Gasteiger partial charge in [0.1, 0.15) is 22.3 Å². The minimum Gasteiger partial charge on any atom is -0.481 e. The van der Waals surface area contributed by atoms with E-state index in [2.05, 4.69) is 20.5 Å². The maximum atomic E-state index is 14.2. The monoisotopic (exact) mass is 725 g/mol. The van der Waals surface area contributed by atoms with Crippen molar-refractivity contribution in [2.75, 3.05) is 20.6 Å². The summed E-state index contributed by atoms with van der Waals surface area (Å²) in [5.41, 5.74) is 0.552. The molecule has 3 fully saturated rings. The number of aromatic nitrogens is 1. The number of aliphatic carboxylic acids is 1. The first kappa shape index (κ1) is 39.9. The Morgan fingerprint density at radius 1 is 1.08 bits per heavy atom. The molecule has 6 atom stereocenters. The number of carbonyl (C=O) groups is 5. The molecule has 51 heavy (non-hydrogen) atoms. The first-order valence-electron chi connectivity index (χ1n) is 18.0. The second kappa shape index (κ2) is 17.1. The molecule has 2 saturated heterocycles. The Morgan fingerprint density at radius 3 is 2.29 bits per heavy atom. The van der Waals surface area contributed by atoms with Crippen LogP contribution in [0.4, 0.5) is 0 Å². The third-order valence-electron chi connectivity index (χ3n) is 10.8. The molecule has 0 unspecified atom stereocenters. The zero-order valence-corrected chi connectivity index (χ0v) is 32.0. The van der Waals surface area contributed by atoms with Gasteiger partial charge in [-0.1, -0.05) is 71.4 Å². The highest BCUT2D eigenvalue weighted by Gasteiger charge is 2.59. The van der Waals surface area contributed by atoms with Crippen molar-refractivity contribution in [2.24, 2.45) is 23.7 Å². The summed E-state index contributed by atoms with van der Waals surface area (Å²) < 4.78 is 5.77. The molecule has 2 aromatic rings. The largest absolute Gasteiger partial charge is 0.481 e. The van der Waals surface area contributed by atoms with Gasteiger partial charge in [-0.05, 0) is 56.0 Å². The van der Waals surface area contributed by atoms with Crippen LogP contribution < -0.4 is 10.6 Å². The standard InChI is InChI=1S/C38H55N5O7S/c1-9-23(4)32(41-37(49)38-18-27(19-38)20-42(38)7)35(46)43(8)30(22(2)3)17-31(50-25(6)44)34-40-29(21-51-34)33(45)39-28(15-24(5)36(47)48)16-26-13-11-10-12-14-26/h10-14,21-24,27-28,30-32H,9,15-20H2,1-8H3,(H,39,45)(H,41,49)(H,47,48)/t23-,24-,27?,28+,30+,31+,32-,38?/m0/s1. The third kappa shape index (κ3) is 9.54. The fraction of sp³-hybridized carbons (Fsp3) is 0.632. The van der Waals surface area contributed by atoms with Crippen LogP contribution in [0, 0.1) is 23.7 Å². The summed E-state index contributed by atoms with van der Waals surface area (Å²) in [5, 5.41) is 17.6. The van der Waals surface area contributed by atoms with E-state index >= 15 is 0 Å². The number of fused-ring (bicyclic) bond motifs is 1. The molecule has 1 aromatic heterocycles.